The lowest BCUT2D eigenvalue weighted by atomic mass is 9.97. The van der Waals surface area contributed by atoms with E-state index in [1.807, 2.05) is 42.5 Å². The van der Waals surface area contributed by atoms with Crippen molar-refractivity contribution in [3.05, 3.63) is 71.8 Å². The average Bonchev–Trinajstić information content (AvgIpc) is 3.59. The Balaban J connectivity index is 1.26. The molecule has 2 heterocycles. The number of hydrogen-bond donors (Lipinski definition) is 1. The molecule has 1 saturated carbocycles. The Bertz CT molecular complexity index is 1050. The summed E-state index contributed by atoms with van der Waals surface area (Å²) >= 11 is 0. The fraction of sp³-hybridized carbons (Fsp3) is 0.423. The first kappa shape index (κ1) is 22.8. The third-order valence-electron chi connectivity index (χ3n) is 6.32. The van der Waals surface area contributed by atoms with Crippen LogP contribution < -0.4 is 10.2 Å². The van der Waals surface area contributed by atoms with Crippen LogP contribution in [-0.4, -0.2) is 32.9 Å². The van der Waals surface area contributed by atoms with E-state index in [9.17, 15) is 4.79 Å². The summed E-state index contributed by atoms with van der Waals surface area (Å²) < 4.78 is 0. The van der Waals surface area contributed by atoms with Crippen LogP contribution in [0.25, 0.3) is 0 Å². The molecule has 172 valence electrons. The van der Waals surface area contributed by atoms with Crippen molar-refractivity contribution < 1.29 is 4.79 Å². The van der Waals surface area contributed by atoms with E-state index in [0.717, 1.165) is 30.5 Å². The number of nitrogens with one attached hydrogen (secondary N) is 1. The summed E-state index contributed by atoms with van der Waals surface area (Å²) in [7, 11) is 2.00. The third kappa shape index (κ3) is 5.92. The van der Waals surface area contributed by atoms with Gasteiger partial charge in [-0.1, -0.05) is 51.1 Å². The number of hydrogen-bond acceptors (Lipinski definition) is 6. The lowest BCUT2D eigenvalue weighted by Gasteiger charge is -2.18. The fourth-order valence-corrected chi connectivity index (χ4v) is 4.03. The van der Waals surface area contributed by atoms with Gasteiger partial charge in [0, 0.05) is 44.3 Å². The second-order valence-electron chi connectivity index (χ2n) is 9.38. The van der Waals surface area contributed by atoms with Gasteiger partial charge in [-0.15, -0.1) is 0 Å². The molecular formula is C26H32N6O. The summed E-state index contributed by atoms with van der Waals surface area (Å²) in [4.78, 5) is 32.3. The zero-order valence-corrected chi connectivity index (χ0v) is 19.8. The van der Waals surface area contributed by atoms with Crippen molar-refractivity contribution in [2.24, 2.45) is 11.8 Å². The molecule has 1 aliphatic rings. The van der Waals surface area contributed by atoms with Gasteiger partial charge in [0.1, 0.15) is 0 Å². The summed E-state index contributed by atoms with van der Waals surface area (Å²) in [6, 6.07) is 10.3. The van der Waals surface area contributed by atoms with Gasteiger partial charge in [-0.05, 0) is 47.3 Å². The SMILES string of the molecule is CC(C)c1cnc(NC(=O)C2CC2C[C@@H](C)c2cnc(N(C)Cc3ccccc3)nc2)nc1. The number of carbonyl (C=O) groups is 1. The van der Waals surface area contributed by atoms with Crippen LogP contribution in [0.4, 0.5) is 11.9 Å². The highest BCUT2D eigenvalue weighted by atomic mass is 16.2. The predicted octanol–water partition coefficient (Wildman–Crippen LogP) is 4.79. The maximum atomic E-state index is 12.6. The first-order chi connectivity index (χ1) is 15.9. The van der Waals surface area contributed by atoms with E-state index in [1.54, 1.807) is 12.4 Å². The van der Waals surface area contributed by atoms with E-state index in [2.05, 4.69) is 58.2 Å². The molecule has 2 aromatic heterocycles. The van der Waals surface area contributed by atoms with Gasteiger partial charge >= 0.3 is 0 Å². The lowest BCUT2D eigenvalue weighted by Crippen LogP contribution is -2.19. The summed E-state index contributed by atoms with van der Waals surface area (Å²) in [5.74, 6) is 2.16. The Labute approximate surface area is 195 Å². The summed E-state index contributed by atoms with van der Waals surface area (Å²) in [6.07, 6.45) is 9.22. The normalized spacial score (nSPS) is 18.1. The molecule has 0 aliphatic heterocycles. The molecule has 33 heavy (non-hydrogen) atoms. The van der Waals surface area contributed by atoms with Crippen LogP contribution in [0.15, 0.2) is 55.1 Å². The maximum absolute atomic E-state index is 12.6. The van der Waals surface area contributed by atoms with Crippen molar-refractivity contribution in [3.8, 4) is 0 Å². The third-order valence-corrected chi connectivity index (χ3v) is 6.32. The standard InChI is InChI=1S/C26H32N6O/c1-17(2)21-12-27-25(28-13-21)31-24(33)23-11-20(23)10-18(3)22-14-29-26(30-15-22)32(4)16-19-8-6-5-7-9-19/h5-9,12-15,17-18,20,23H,10-11,16H2,1-4H3,(H,27,28,31,33)/t18-,20?,23?/m1/s1. The zero-order chi connectivity index (χ0) is 23.4. The number of rotatable bonds is 9. The summed E-state index contributed by atoms with van der Waals surface area (Å²) in [5, 5.41) is 2.86. The summed E-state index contributed by atoms with van der Waals surface area (Å²) in [6.45, 7) is 7.12. The zero-order valence-electron chi connectivity index (χ0n) is 19.8. The molecule has 4 rings (SSSR count). The minimum atomic E-state index is 0.0126. The number of amides is 1. The van der Waals surface area contributed by atoms with Crippen LogP contribution in [0.2, 0.25) is 0 Å². The van der Waals surface area contributed by atoms with Crippen LogP contribution >= 0.6 is 0 Å². The second-order valence-corrected chi connectivity index (χ2v) is 9.38. The number of carbonyl (C=O) groups excluding carboxylic acids is 1. The molecule has 0 radical (unpaired) electrons. The number of benzene rings is 1. The molecule has 1 N–H and O–H groups in total. The molecule has 1 amide bonds. The van der Waals surface area contributed by atoms with Crippen LogP contribution in [-0.2, 0) is 11.3 Å². The van der Waals surface area contributed by atoms with Gasteiger partial charge in [-0.2, -0.15) is 0 Å². The molecule has 0 spiro atoms. The Morgan fingerprint density at radius 1 is 1.00 bits per heavy atom. The van der Waals surface area contributed by atoms with Gasteiger partial charge in [0.2, 0.25) is 17.8 Å². The van der Waals surface area contributed by atoms with Gasteiger partial charge in [0.15, 0.2) is 0 Å². The van der Waals surface area contributed by atoms with Gasteiger partial charge in [-0.25, -0.2) is 19.9 Å². The molecule has 7 heteroatoms. The average molecular weight is 445 g/mol. The highest BCUT2D eigenvalue weighted by Gasteiger charge is 2.43. The lowest BCUT2D eigenvalue weighted by molar-refractivity contribution is -0.117. The molecule has 0 saturated heterocycles. The Kier molecular flexibility index (Phi) is 6.96. The predicted molar refractivity (Wildman–Crippen MR) is 130 cm³/mol. The highest BCUT2D eigenvalue weighted by Crippen LogP contribution is 2.45. The second kappa shape index (κ2) is 10.1. The Morgan fingerprint density at radius 3 is 2.27 bits per heavy atom. The topological polar surface area (TPSA) is 83.9 Å². The monoisotopic (exact) mass is 444 g/mol. The number of nitrogens with zero attached hydrogens (tertiary/aromatic N) is 5. The van der Waals surface area contributed by atoms with Crippen LogP contribution in [0.3, 0.4) is 0 Å². The summed E-state index contributed by atoms with van der Waals surface area (Å²) in [5.41, 5.74) is 3.39. The molecule has 2 unspecified atom stereocenters. The fourth-order valence-electron chi connectivity index (χ4n) is 4.03. The molecule has 1 aliphatic carbocycles. The van der Waals surface area contributed by atoms with Crippen LogP contribution in [0.1, 0.15) is 62.1 Å². The quantitative estimate of drug-likeness (QED) is 0.511. The largest absolute Gasteiger partial charge is 0.340 e. The van der Waals surface area contributed by atoms with E-state index in [1.165, 1.54) is 5.56 Å². The van der Waals surface area contributed by atoms with E-state index in [0.29, 0.717) is 29.7 Å². The maximum Gasteiger partial charge on any atom is 0.230 e. The molecule has 1 aromatic carbocycles. The van der Waals surface area contributed by atoms with Crippen molar-refractivity contribution in [2.45, 2.75) is 52.0 Å². The van der Waals surface area contributed by atoms with Gasteiger partial charge < -0.3 is 4.90 Å². The smallest absolute Gasteiger partial charge is 0.230 e. The van der Waals surface area contributed by atoms with Crippen LogP contribution in [0, 0.1) is 11.8 Å². The Hall–Kier alpha value is -3.35. The number of aromatic nitrogens is 4. The van der Waals surface area contributed by atoms with E-state index in [-0.39, 0.29) is 11.8 Å². The van der Waals surface area contributed by atoms with Crippen molar-refractivity contribution in [1.29, 1.82) is 0 Å². The molecule has 1 fully saturated rings. The molecule has 0 bridgehead atoms. The first-order valence-corrected chi connectivity index (χ1v) is 11.6. The molecule has 3 atom stereocenters. The van der Waals surface area contributed by atoms with E-state index in [4.69, 9.17) is 0 Å². The van der Waals surface area contributed by atoms with Gasteiger partial charge in [-0.3, -0.25) is 10.1 Å². The number of anilines is 2. The van der Waals surface area contributed by atoms with Crippen molar-refractivity contribution in [1.82, 2.24) is 19.9 Å². The van der Waals surface area contributed by atoms with Gasteiger partial charge in [0.05, 0.1) is 0 Å². The Morgan fingerprint density at radius 2 is 1.64 bits per heavy atom. The van der Waals surface area contributed by atoms with Crippen molar-refractivity contribution in [2.75, 3.05) is 17.3 Å². The molecule has 3 aromatic rings. The minimum Gasteiger partial charge on any atom is -0.340 e. The van der Waals surface area contributed by atoms with Crippen molar-refractivity contribution in [3.63, 3.8) is 0 Å². The van der Waals surface area contributed by atoms with E-state index < -0.39 is 0 Å². The van der Waals surface area contributed by atoms with E-state index >= 15 is 0 Å². The van der Waals surface area contributed by atoms with Gasteiger partial charge in [0.25, 0.3) is 0 Å². The molecule has 7 nitrogen and oxygen atoms in total. The highest BCUT2D eigenvalue weighted by molar-refractivity contribution is 5.92. The minimum absolute atomic E-state index is 0.0126. The first-order valence-electron chi connectivity index (χ1n) is 11.6. The molecular weight excluding hydrogens is 412 g/mol. The van der Waals surface area contributed by atoms with Crippen molar-refractivity contribution >= 4 is 17.8 Å². The van der Waals surface area contributed by atoms with Crippen LogP contribution in [0.5, 0.6) is 0 Å².